The van der Waals surface area contributed by atoms with Gasteiger partial charge in [-0.05, 0) is 39.8 Å². The first-order valence-electron chi connectivity index (χ1n) is 13.2. The minimum Gasteiger partial charge on any atom is -0.485 e. The number of aryl methyl sites for hydroxylation is 1. The molecule has 9 nitrogen and oxygen atoms in total. The molecule has 0 amide bonds. The molecule has 0 bridgehead atoms. The van der Waals surface area contributed by atoms with Crippen LogP contribution in [-0.2, 0) is 11.0 Å². The van der Waals surface area contributed by atoms with E-state index in [9.17, 15) is 4.21 Å². The van der Waals surface area contributed by atoms with Crippen LogP contribution < -0.4 is 20.1 Å². The molecule has 2 aliphatic rings. The molecule has 0 aliphatic carbocycles. The molecule has 2 atom stereocenters. The number of imidazole rings is 1. The second kappa shape index (κ2) is 10.2. The second-order valence-electron chi connectivity index (χ2n) is 11.2. The molecule has 1 aromatic carbocycles. The first-order valence-corrected chi connectivity index (χ1v) is 15.5. The molecule has 5 heterocycles. The molecule has 0 saturated carbocycles. The lowest BCUT2D eigenvalue weighted by Gasteiger charge is -2.43. The summed E-state index contributed by atoms with van der Waals surface area (Å²) in [7, 11) is -1.24. The minimum absolute atomic E-state index is 0.162. The van der Waals surface area contributed by atoms with E-state index in [4.69, 9.17) is 27.1 Å². The third kappa shape index (κ3) is 4.72. The van der Waals surface area contributed by atoms with E-state index in [0.717, 1.165) is 64.3 Å². The van der Waals surface area contributed by atoms with E-state index < -0.39 is 16.6 Å². The molecule has 0 radical (unpaired) electrons. The summed E-state index contributed by atoms with van der Waals surface area (Å²) < 4.78 is 24.9. The number of para-hydroxylation sites is 1. The molecule has 1 spiro atoms. The quantitative estimate of drug-likeness (QED) is 0.317. The van der Waals surface area contributed by atoms with E-state index in [1.807, 2.05) is 62.6 Å². The molecule has 1 saturated heterocycles. The van der Waals surface area contributed by atoms with Crippen molar-refractivity contribution in [2.24, 2.45) is 0 Å². The van der Waals surface area contributed by atoms with E-state index in [1.54, 1.807) is 12.4 Å². The number of hydrogen-bond donors (Lipinski definition) is 2. The number of ether oxygens (including phenoxy) is 1. The Kier molecular flexibility index (Phi) is 6.97. The number of fused-ring (bicyclic) bond motifs is 2. The summed E-state index contributed by atoms with van der Waals surface area (Å²) in [6, 6.07) is 9.76. The summed E-state index contributed by atoms with van der Waals surface area (Å²) in [5.41, 5.74) is 8.17. The lowest BCUT2D eigenvalue weighted by atomic mass is 9.83. The third-order valence-electron chi connectivity index (χ3n) is 7.49. The Balaban J connectivity index is 1.28. The predicted octanol–water partition coefficient (Wildman–Crippen LogP) is 5.34. The fourth-order valence-electron chi connectivity index (χ4n) is 5.33. The van der Waals surface area contributed by atoms with Gasteiger partial charge >= 0.3 is 0 Å². The highest BCUT2D eigenvalue weighted by atomic mass is 35.5. The Bertz CT molecular complexity index is 1610. The van der Waals surface area contributed by atoms with Crippen LogP contribution in [0, 0.1) is 6.92 Å². The van der Waals surface area contributed by atoms with Gasteiger partial charge in [0.05, 0.1) is 37.4 Å². The Hall–Kier alpha value is -2.86. The van der Waals surface area contributed by atoms with Crippen LogP contribution in [0.3, 0.4) is 0 Å². The lowest BCUT2D eigenvalue weighted by Crippen LogP contribution is -2.54. The van der Waals surface area contributed by atoms with Gasteiger partial charge in [-0.2, -0.15) is 0 Å². The van der Waals surface area contributed by atoms with Gasteiger partial charge in [-0.15, -0.1) is 0 Å². The monoisotopic (exact) mass is 597 g/mol. The number of pyridine rings is 1. The van der Waals surface area contributed by atoms with Gasteiger partial charge in [-0.25, -0.2) is 23.9 Å². The van der Waals surface area contributed by atoms with Crippen LogP contribution in [0.25, 0.3) is 5.65 Å². The summed E-state index contributed by atoms with van der Waals surface area (Å²) in [4.78, 5) is 17.8. The number of halogens is 1. The molecule has 4 aromatic rings. The summed E-state index contributed by atoms with van der Waals surface area (Å²) in [6.07, 6.45) is 6.87. The van der Waals surface area contributed by atoms with Gasteiger partial charge < -0.3 is 15.4 Å². The zero-order valence-corrected chi connectivity index (χ0v) is 25.2. The molecular formula is C28H32ClN7O2S2. The molecule has 3 aromatic heterocycles. The number of aromatic nitrogens is 4. The van der Waals surface area contributed by atoms with Crippen molar-refractivity contribution >= 4 is 51.8 Å². The average Bonchev–Trinajstić information content (AvgIpc) is 3.52. The molecule has 12 heteroatoms. The van der Waals surface area contributed by atoms with Crippen LogP contribution in [0.2, 0.25) is 5.02 Å². The fourth-order valence-corrected chi connectivity index (χ4v) is 7.44. The van der Waals surface area contributed by atoms with Crippen molar-refractivity contribution in [1.82, 2.24) is 24.1 Å². The van der Waals surface area contributed by atoms with Crippen LogP contribution >= 0.6 is 23.4 Å². The zero-order chi connectivity index (χ0) is 28.2. The molecule has 210 valence electrons. The van der Waals surface area contributed by atoms with E-state index in [2.05, 4.69) is 25.7 Å². The minimum atomic E-state index is -1.24. The number of anilines is 2. The highest BCUT2D eigenvalue weighted by Gasteiger charge is 2.51. The van der Waals surface area contributed by atoms with Crippen molar-refractivity contribution in [2.75, 3.05) is 23.7 Å². The number of benzene rings is 1. The fraction of sp³-hybridized carbons (Fsp3) is 0.393. The molecule has 1 fully saturated rings. The molecular weight excluding hydrogens is 566 g/mol. The summed E-state index contributed by atoms with van der Waals surface area (Å²) in [6.45, 7) is 9.40. The Labute approximate surface area is 245 Å². The van der Waals surface area contributed by atoms with E-state index in [1.165, 1.54) is 11.8 Å². The van der Waals surface area contributed by atoms with Crippen LogP contribution in [0.1, 0.15) is 50.9 Å². The van der Waals surface area contributed by atoms with Crippen LogP contribution in [-0.4, -0.2) is 47.0 Å². The normalized spacial score (nSPS) is 19.1. The standard InChI is InChI=1S/C28H32ClN7O2S2/c1-17-22(39-20-9-12-31-24(30)21(20)29)25-32-13-16-36(25)26(33-17)35-14-10-28(11-15-35)23(34-40(37)27(2,3)4)18-7-5-6-8-19(18)38-28/h5-9,12-13,16,23,34H,10-11,14-15H2,1-4H3,(H2,30,31)/t23-,40?/m1/s1. The first-order chi connectivity index (χ1) is 19.1. The predicted molar refractivity (Wildman–Crippen MR) is 161 cm³/mol. The third-order valence-corrected chi connectivity index (χ3v) is 10.8. The number of rotatable bonds is 5. The van der Waals surface area contributed by atoms with E-state index in [-0.39, 0.29) is 10.8 Å². The zero-order valence-electron chi connectivity index (χ0n) is 22.8. The highest BCUT2D eigenvalue weighted by Crippen LogP contribution is 2.49. The summed E-state index contributed by atoms with van der Waals surface area (Å²) >= 11 is 7.92. The van der Waals surface area contributed by atoms with Gasteiger partial charge in [0.1, 0.15) is 17.2 Å². The van der Waals surface area contributed by atoms with Crippen molar-refractivity contribution in [2.45, 2.75) is 66.7 Å². The van der Waals surface area contributed by atoms with Crippen LogP contribution in [0.5, 0.6) is 5.75 Å². The van der Waals surface area contributed by atoms with Gasteiger partial charge in [0.25, 0.3) is 0 Å². The average molecular weight is 598 g/mol. The van der Waals surface area contributed by atoms with Gasteiger partial charge in [0.2, 0.25) is 5.95 Å². The maximum atomic E-state index is 13.2. The first kappa shape index (κ1) is 27.3. The topological polar surface area (TPSA) is 111 Å². The van der Waals surface area contributed by atoms with Crippen LogP contribution in [0.4, 0.5) is 11.8 Å². The number of nitrogens with one attached hydrogen (secondary N) is 1. The number of piperidine rings is 1. The van der Waals surface area contributed by atoms with Gasteiger partial charge in [0, 0.05) is 55.0 Å². The van der Waals surface area contributed by atoms with Crippen molar-refractivity contribution in [3.63, 3.8) is 0 Å². The SMILES string of the molecule is Cc1nc(N2CCC3(CC2)Oc2ccccc2[C@H]3NS(=O)C(C)(C)C)n2ccnc2c1Sc1ccnc(N)c1Cl. The number of nitrogens with zero attached hydrogens (tertiary/aromatic N) is 5. The Morgan fingerprint density at radius 3 is 2.67 bits per heavy atom. The van der Waals surface area contributed by atoms with Crippen molar-refractivity contribution in [3.8, 4) is 5.75 Å². The van der Waals surface area contributed by atoms with E-state index in [0.29, 0.717) is 10.8 Å². The highest BCUT2D eigenvalue weighted by molar-refractivity contribution is 7.99. The Morgan fingerprint density at radius 1 is 1.18 bits per heavy atom. The Morgan fingerprint density at radius 2 is 1.93 bits per heavy atom. The number of nitrogens with two attached hydrogens (primary N) is 1. The number of hydrogen-bond acceptors (Lipinski definition) is 8. The maximum absolute atomic E-state index is 13.2. The molecule has 2 aliphatic heterocycles. The molecule has 1 unspecified atom stereocenters. The summed E-state index contributed by atoms with van der Waals surface area (Å²) in [5, 5.41) is 0.426. The number of nitrogen functional groups attached to an aromatic ring is 1. The van der Waals surface area contributed by atoms with Gasteiger partial charge in [0.15, 0.2) is 5.65 Å². The van der Waals surface area contributed by atoms with Crippen LogP contribution in [0.15, 0.2) is 58.7 Å². The van der Waals surface area contributed by atoms with Crippen molar-refractivity contribution in [3.05, 3.63) is 65.2 Å². The van der Waals surface area contributed by atoms with Crippen molar-refractivity contribution in [1.29, 1.82) is 0 Å². The summed E-state index contributed by atoms with van der Waals surface area (Å²) in [5.74, 6) is 2.00. The van der Waals surface area contributed by atoms with Gasteiger partial charge in [-0.3, -0.25) is 4.40 Å². The molecule has 3 N–H and O–H groups in total. The van der Waals surface area contributed by atoms with E-state index >= 15 is 0 Å². The molecule has 40 heavy (non-hydrogen) atoms. The van der Waals surface area contributed by atoms with Gasteiger partial charge in [-0.1, -0.05) is 41.6 Å². The second-order valence-corrected chi connectivity index (χ2v) is 14.6. The van der Waals surface area contributed by atoms with Crippen molar-refractivity contribution < 1.29 is 8.95 Å². The largest absolute Gasteiger partial charge is 0.485 e. The molecule has 6 rings (SSSR count). The lowest BCUT2D eigenvalue weighted by molar-refractivity contribution is 0.0382. The maximum Gasteiger partial charge on any atom is 0.211 e. The smallest absolute Gasteiger partial charge is 0.211 e.